The highest BCUT2D eigenvalue weighted by Crippen LogP contribution is 2.19. The zero-order valence-electron chi connectivity index (χ0n) is 14.3. The molecule has 1 amide bonds. The second-order valence-corrected chi connectivity index (χ2v) is 7.87. The van der Waals surface area contributed by atoms with Crippen LogP contribution in [0.3, 0.4) is 0 Å². The molecule has 1 fully saturated rings. The minimum Gasteiger partial charge on any atom is -0.451 e. The summed E-state index contributed by atoms with van der Waals surface area (Å²) >= 11 is 0. The molecule has 1 aromatic rings. The minimum atomic E-state index is -4.21. The van der Waals surface area contributed by atoms with Crippen molar-refractivity contribution in [2.75, 3.05) is 0 Å². The van der Waals surface area contributed by atoms with Crippen LogP contribution in [-0.2, 0) is 24.3 Å². The Labute approximate surface area is 150 Å². The molecule has 0 heterocycles. The van der Waals surface area contributed by atoms with Crippen LogP contribution >= 0.6 is 0 Å². The molecule has 1 aliphatic carbocycles. The van der Waals surface area contributed by atoms with Gasteiger partial charge in [0, 0.05) is 6.04 Å². The van der Waals surface area contributed by atoms with Gasteiger partial charge in [-0.05, 0) is 51.0 Å². The van der Waals surface area contributed by atoms with Crippen molar-refractivity contribution in [1.82, 2.24) is 10.0 Å². The smallest absolute Gasteiger partial charge is 0.327 e. The number of aliphatic hydroxyl groups excluding tert-OH is 1. The number of ether oxygens (including phenoxy) is 1. The zero-order valence-corrected chi connectivity index (χ0v) is 15.1. The molecule has 8 nitrogen and oxygen atoms in total. The molecule has 3 N–H and O–H groups in total. The lowest BCUT2D eigenvalue weighted by molar-refractivity contribution is -0.158. The lowest BCUT2D eigenvalue weighted by Crippen LogP contribution is -2.50. The van der Waals surface area contributed by atoms with Crippen molar-refractivity contribution in [3.8, 4) is 0 Å². The number of nitrogens with one attached hydrogen (secondary N) is 2. The average molecular weight is 388 g/mol. The third kappa shape index (κ3) is 5.48. The molecule has 10 heteroatoms. The Bertz CT molecular complexity index is 761. The van der Waals surface area contributed by atoms with Gasteiger partial charge in [-0.1, -0.05) is 0 Å². The van der Waals surface area contributed by atoms with E-state index < -0.39 is 46.0 Å². The summed E-state index contributed by atoms with van der Waals surface area (Å²) in [5, 5.41) is 12.4. The molecular formula is C16H21FN2O6S. The van der Waals surface area contributed by atoms with Crippen LogP contribution in [0.15, 0.2) is 29.2 Å². The number of hydrogen-bond acceptors (Lipinski definition) is 6. The molecule has 0 radical (unpaired) electrons. The molecule has 1 aromatic carbocycles. The molecule has 2 rings (SSSR count). The van der Waals surface area contributed by atoms with Gasteiger partial charge in [0.1, 0.15) is 11.9 Å². The number of carbonyl (C=O) groups is 2. The van der Waals surface area contributed by atoms with Gasteiger partial charge in [0.2, 0.25) is 10.0 Å². The molecule has 144 valence electrons. The lowest BCUT2D eigenvalue weighted by atomic mass is 10.2. The Morgan fingerprint density at radius 3 is 2.31 bits per heavy atom. The monoisotopic (exact) mass is 388 g/mol. The van der Waals surface area contributed by atoms with Crippen molar-refractivity contribution in [2.45, 2.75) is 55.9 Å². The molecule has 0 spiro atoms. The minimum absolute atomic E-state index is 0.0770. The summed E-state index contributed by atoms with van der Waals surface area (Å²) in [6, 6.07) is 2.40. The quantitative estimate of drug-likeness (QED) is 0.542. The Balaban J connectivity index is 2.05. The predicted octanol–water partition coefficient (Wildman–Crippen LogP) is 0.0637. The van der Waals surface area contributed by atoms with Gasteiger partial charge in [-0.25, -0.2) is 12.8 Å². The second-order valence-electron chi connectivity index (χ2n) is 6.16. The maximum Gasteiger partial charge on any atom is 0.327 e. The third-order valence-corrected chi connectivity index (χ3v) is 5.19. The fraction of sp³-hybridized carbons (Fsp3) is 0.500. The lowest BCUT2D eigenvalue weighted by Gasteiger charge is -2.22. The van der Waals surface area contributed by atoms with Crippen molar-refractivity contribution in [2.24, 2.45) is 0 Å². The third-order valence-electron chi connectivity index (χ3n) is 3.73. The standard InChI is InChI=1S/C16H21FN2O6S/c1-9(20)14(16(22)25-10(2)15(21)18-12-5-6-12)19-26(23,24)13-7-3-11(17)4-8-13/h3-4,7-10,12,14,19-20H,5-6H2,1-2H3,(H,18,21)/t9-,10-,14+/m0/s1. The zero-order chi connectivity index (χ0) is 19.5. The topological polar surface area (TPSA) is 122 Å². The van der Waals surface area contributed by atoms with Crippen LogP contribution in [-0.4, -0.2) is 49.7 Å². The molecule has 0 saturated heterocycles. The largest absolute Gasteiger partial charge is 0.451 e. The predicted molar refractivity (Wildman–Crippen MR) is 88.9 cm³/mol. The summed E-state index contributed by atoms with van der Waals surface area (Å²) in [7, 11) is -4.21. The maximum absolute atomic E-state index is 12.9. The summed E-state index contributed by atoms with van der Waals surface area (Å²) in [5.74, 6) is -2.21. The molecule has 3 atom stereocenters. The van der Waals surface area contributed by atoms with E-state index in [9.17, 15) is 27.5 Å². The van der Waals surface area contributed by atoms with E-state index in [2.05, 4.69) is 5.32 Å². The summed E-state index contributed by atoms with van der Waals surface area (Å²) in [4.78, 5) is 23.8. The molecule has 0 unspecified atom stereocenters. The number of esters is 1. The number of rotatable bonds is 8. The summed E-state index contributed by atoms with van der Waals surface area (Å²) in [6.07, 6.45) is -0.837. The Hall–Kier alpha value is -2.04. The second kappa shape index (κ2) is 8.11. The van der Waals surface area contributed by atoms with E-state index in [1.54, 1.807) is 0 Å². The number of hydrogen-bond donors (Lipinski definition) is 3. The van der Waals surface area contributed by atoms with Gasteiger partial charge in [-0.3, -0.25) is 9.59 Å². The van der Waals surface area contributed by atoms with Gasteiger partial charge < -0.3 is 15.2 Å². The molecule has 0 aliphatic heterocycles. The Kier molecular flexibility index (Phi) is 6.32. The van der Waals surface area contributed by atoms with E-state index in [0.717, 1.165) is 37.1 Å². The summed E-state index contributed by atoms with van der Waals surface area (Å²) in [5.41, 5.74) is 0. The SMILES string of the molecule is C[C@H](OC(=O)[C@H](NS(=O)(=O)c1ccc(F)cc1)[C@H](C)O)C(=O)NC1CC1. The van der Waals surface area contributed by atoms with E-state index in [4.69, 9.17) is 4.74 Å². The number of benzene rings is 1. The van der Waals surface area contributed by atoms with Crippen molar-refractivity contribution in [1.29, 1.82) is 0 Å². The van der Waals surface area contributed by atoms with Crippen LogP contribution in [0, 0.1) is 5.82 Å². The van der Waals surface area contributed by atoms with Crippen LogP contribution in [0.25, 0.3) is 0 Å². The number of sulfonamides is 1. The normalized spacial score (nSPS) is 17.8. The first-order chi connectivity index (χ1) is 12.1. The first kappa shape index (κ1) is 20.3. The fourth-order valence-corrected chi connectivity index (χ4v) is 3.30. The van der Waals surface area contributed by atoms with Crippen molar-refractivity contribution in [3.05, 3.63) is 30.1 Å². The molecule has 0 aromatic heterocycles. The number of aliphatic hydroxyl groups is 1. The maximum atomic E-state index is 12.9. The van der Waals surface area contributed by atoms with Gasteiger partial charge in [0.25, 0.3) is 5.91 Å². The van der Waals surface area contributed by atoms with E-state index in [1.165, 1.54) is 13.8 Å². The highest BCUT2D eigenvalue weighted by molar-refractivity contribution is 7.89. The van der Waals surface area contributed by atoms with Gasteiger partial charge in [-0.2, -0.15) is 4.72 Å². The highest BCUT2D eigenvalue weighted by Gasteiger charge is 2.34. The average Bonchev–Trinajstić information content (AvgIpc) is 3.36. The summed E-state index contributed by atoms with van der Waals surface area (Å²) < 4.78 is 44.5. The number of amides is 1. The van der Waals surface area contributed by atoms with Gasteiger partial charge in [0.15, 0.2) is 6.10 Å². The van der Waals surface area contributed by atoms with Crippen LogP contribution in [0.4, 0.5) is 4.39 Å². The summed E-state index contributed by atoms with van der Waals surface area (Å²) in [6.45, 7) is 2.55. The Morgan fingerprint density at radius 2 is 1.81 bits per heavy atom. The number of carbonyl (C=O) groups excluding carboxylic acids is 2. The van der Waals surface area contributed by atoms with E-state index in [0.29, 0.717) is 0 Å². The molecular weight excluding hydrogens is 367 g/mol. The first-order valence-electron chi connectivity index (χ1n) is 8.07. The van der Waals surface area contributed by atoms with Gasteiger partial charge in [-0.15, -0.1) is 0 Å². The molecule has 0 bridgehead atoms. The van der Waals surface area contributed by atoms with Crippen LogP contribution < -0.4 is 10.0 Å². The van der Waals surface area contributed by atoms with Crippen molar-refractivity contribution < 1.29 is 32.2 Å². The van der Waals surface area contributed by atoms with E-state index in [1.807, 2.05) is 4.72 Å². The van der Waals surface area contributed by atoms with Gasteiger partial charge in [0.05, 0.1) is 11.0 Å². The van der Waals surface area contributed by atoms with Crippen molar-refractivity contribution in [3.63, 3.8) is 0 Å². The van der Waals surface area contributed by atoms with Crippen molar-refractivity contribution >= 4 is 21.9 Å². The van der Waals surface area contributed by atoms with E-state index in [-0.39, 0.29) is 10.9 Å². The molecule has 26 heavy (non-hydrogen) atoms. The van der Waals surface area contributed by atoms with Crippen LogP contribution in [0.5, 0.6) is 0 Å². The van der Waals surface area contributed by atoms with Crippen LogP contribution in [0.1, 0.15) is 26.7 Å². The van der Waals surface area contributed by atoms with Gasteiger partial charge >= 0.3 is 5.97 Å². The fourth-order valence-electron chi connectivity index (χ4n) is 2.04. The molecule has 1 saturated carbocycles. The highest BCUT2D eigenvalue weighted by atomic mass is 32.2. The van der Waals surface area contributed by atoms with Crippen LogP contribution in [0.2, 0.25) is 0 Å². The number of halogens is 1. The Morgan fingerprint density at radius 1 is 1.23 bits per heavy atom. The first-order valence-corrected chi connectivity index (χ1v) is 9.55. The van der Waals surface area contributed by atoms with E-state index >= 15 is 0 Å². The molecule has 1 aliphatic rings.